The van der Waals surface area contributed by atoms with Gasteiger partial charge in [-0.2, -0.15) is 5.10 Å². The van der Waals surface area contributed by atoms with Crippen LogP contribution < -0.4 is 5.73 Å². The highest BCUT2D eigenvalue weighted by Crippen LogP contribution is 2.12. The van der Waals surface area contributed by atoms with Crippen molar-refractivity contribution < 1.29 is 4.79 Å². The maximum atomic E-state index is 11.8. The largest absolute Gasteiger partial charge is 0.382 e. The lowest BCUT2D eigenvalue weighted by Gasteiger charge is -1.97. The van der Waals surface area contributed by atoms with Crippen molar-refractivity contribution in [3.05, 3.63) is 47.7 Å². The van der Waals surface area contributed by atoms with Gasteiger partial charge in [-0.1, -0.05) is 30.3 Å². The molecule has 1 aromatic carbocycles. The van der Waals surface area contributed by atoms with Gasteiger partial charge >= 0.3 is 0 Å². The minimum absolute atomic E-state index is 0.114. The molecule has 0 unspecified atom stereocenters. The zero-order valence-corrected chi connectivity index (χ0v) is 7.40. The van der Waals surface area contributed by atoms with E-state index in [0.717, 1.165) is 0 Å². The normalized spacial score (nSPS) is 10.0. The average molecular weight is 187 g/mol. The van der Waals surface area contributed by atoms with Gasteiger partial charge in [0.2, 0.25) is 0 Å². The SMILES string of the molecule is Nc1n[nH]cc1C(=O)c1ccccc1. The van der Waals surface area contributed by atoms with Gasteiger partial charge in [-0.25, -0.2) is 0 Å². The number of carbonyl (C=O) groups is 1. The van der Waals surface area contributed by atoms with E-state index in [1.807, 2.05) is 18.2 Å². The zero-order valence-electron chi connectivity index (χ0n) is 7.40. The zero-order chi connectivity index (χ0) is 9.97. The predicted octanol–water partition coefficient (Wildman–Crippen LogP) is 1.22. The van der Waals surface area contributed by atoms with Gasteiger partial charge < -0.3 is 5.73 Å². The summed E-state index contributed by atoms with van der Waals surface area (Å²) in [5, 5.41) is 6.25. The molecule has 0 bridgehead atoms. The monoisotopic (exact) mass is 187 g/mol. The number of hydrogen-bond acceptors (Lipinski definition) is 3. The molecule has 1 heterocycles. The van der Waals surface area contributed by atoms with Crippen molar-refractivity contribution in [2.45, 2.75) is 0 Å². The molecule has 3 N–H and O–H groups in total. The number of benzene rings is 1. The van der Waals surface area contributed by atoms with Crippen LogP contribution in [-0.4, -0.2) is 16.0 Å². The van der Waals surface area contributed by atoms with E-state index in [1.165, 1.54) is 6.20 Å². The number of nitrogens with one attached hydrogen (secondary N) is 1. The Bertz CT molecular complexity index is 447. The Hall–Kier alpha value is -2.10. The summed E-state index contributed by atoms with van der Waals surface area (Å²) in [6, 6.07) is 8.96. The molecule has 2 rings (SSSR count). The molecule has 0 aliphatic heterocycles. The van der Waals surface area contributed by atoms with Crippen LogP contribution in [-0.2, 0) is 0 Å². The maximum Gasteiger partial charge on any atom is 0.198 e. The summed E-state index contributed by atoms with van der Waals surface area (Å²) in [7, 11) is 0. The summed E-state index contributed by atoms with van der Waals surface area (Å²) in [4.78, 5) is 11.8. The molecule has 0 radical (unpaired) electrons. The number of nitrogen functional groups attached to an aromatic ring is 1. The Labute approximate surface area is 80.8 Å². The third kappa shape index (κ3) is 1.37. The minimum Gasteiger partial charge on any atom is -0.382 e. The second kappa shape index (κ2) is 3.33. The smallest absolute Gasteiger partial charge is 0.198 e. The molecular weight excluding hydrogens is 178 g/mol. The number of nitrogens with zero attached hydrogens (tertiary/aromatic N) is 1. The highest BCUT2D eigenvalue weighted by atomic mass is 16.1. The molecule has 70 valence electrons. The molecule has 4 heteroatoms. The van der Waals surface area contributed by atoms with Gasteiger partial charge in [0.25, 0.3) is 0 Å². The van der Waals surface area contributed by atoms with Crippen LogP contribution in [0.15, 0.2) is 36.5 Å². The van der Waals surface area contributed by atoms with Gasteiger partial charge in [0.1, 0.15) is 0 Å². The molecule has 0 aliphatic rings. The van der Waals surface area contributed by atoms with Gasteiger partial charge in [-0.05, 0) is 0 Å². The second-order valence-corrected chi connectivity index (χ2v) is 2.88. The van der Waals surface area contributed by atoms with E-state index in [-0.39, 0.29) is 11.6 Å². The summed E-state index contributed by atoms with van der Waals surface area (Å²) >= 11 is 0. The first kappa shape index (κ1) is 8.50. The van der Waals surface area contributed by atoms with Crippen LogP contribution >= 0.6 is 0 Å². The number of hydrogen-bond donors (Lipinski definition) is 2. The molecule has 1 aromatic heterocycles. The number of anilines is 1. The number of rotatable bonds is 2. The van der Waals surface area contributed by atoms with E-state index in [9.17, 15) is 4.79 Å². The first-order valence-electron chi connectivity index (χ1n) is 4.18. The summed E-state index contributed by atoms with van der Waals surface area (Å²) in [5.41, 5.74) is 6.54. The highest BCUT2D eigenvalue weighted by Gasteiger charge is 2.13. The van der Waals surface area contributed by atoms with Gasteiger partial charge in [-0.3, -0.25) is 9.89 Å². The summed E-state index contributed by atoms with van der Waals surface area (Å²) in [5.74, 6) is 0.121. The second-order valence-electron chi connectivity index (χ2n) is 2.88. The van der Waals surface area contributed by atoms with Crippen molar-refractivity contribution in [3.63, 3.8) is 0 Å². The van der Waals surface area contributed by atoms with E-state index in [4.69, 9.17) is 5.73 Å². The highest BCUT2D eigenvalue weighted by molar-refractivity contribution is 6.11. The standard InChI is InChI=1S/C10H9N3O/c11-10-8(6-12-13-10)9(14)7-4-2-1-3-5-7/h1-6H,(H3,11,12,13). The Balaban J connectivity index is 2.39. The van der Waals surface area contributed by atoms with Crippen LogP contribution in [0.1, 0.15) is 15.9 Å². The van der Waals surface area contributed by atoms with Crippen molar-refractivity contribution in [1.29, 1.82) is 0 Å². The van der Waals surface area contributed by atoms with E-state index in [1.54, 1.807) is 12.1 Å². The Morgan fingerprint density at radius 3 is 2.57 bits per heavy atom. The third-order valence-electron chi connectivity index (χ3n) is 1.95. The van der Waals surface area contributed by atoms with E-state index in [0.29, 0.717) is 11.1 Å². The number of nitrogens with two attached hydrogens (primary N) is 1. The average Bonchev–Trinajstić information content (AvgIpc) is 2.65. The van der Waals surface area contributed by atoms with Crippen molar-refractivity contribution >= 4 is 11.6 Å². The van der Waals surface area contributed by atoms with Gasteiger partial charge in [0.15, 0.2) is 11.6 Å². The van der Waals surface area contributed by atoms with Crippen LogP contribution in [0, 0.1) is 0 Å². The molecule has 4 nitrogen and oxygen atoms in total. The fourth-order valence-electron chi connectivity index (χ4n) is 1.23. The number of aromatic nitrogens is 2. The topological polar surface area (TPSA) is 71.8 Å². The van der Waals surface area contributed by atoms with Crippen LogP contribution in [0.5, 0.6) is 0 Å². The lowest BCUT2D eigenvalue weighted by Crippen LogP contribution is -2.02. The van der Waals surface area contributed by atoms with E-state index >= 15 is 0 Å². The quantitative estimate of drug-likeness (QED) is 0.694. The summed E-state index contributed by atoms with van der Waals surface area (Å²) < 4.78 is 0. The fraction of sp³-hybridized carbons (Fsp3) is 0. The van der Waals surface area contributed by atoms with Crippen molar-refractivity contribution in [3.8, 4) is 0 Å². The van der Waals surface area contributed by atoms with Crippen molar-refractivity contribution in [1.82, 2.24) is 10.2 Å². The maximum absolute atomic E-state index is 11.8. The van der Waals surface area contributed by atoms with Gasteiger partial charge in [0, 0.05) is 11.8 Å². The molecule has 0 spiro atoms. The fourth-order valence-corrected chi connectivity index (χ4v) is 1.23. The van der Waals surface area contributed by atoms with Gasteiger partial charge in [0.05, 0.1) is 5.56 Å². The lowest BCUT2D eigenvalue weighted by atomic mass is 10.1. The molecule has 0 amide bonds. The Morgan fingerprint density at radius 1 is 1.29 bits per heavy atom. The molecule has 0 atom stereocenters. The first-order chi connectivity index (χ1) is 6.79. The van der Waals surface area contributed by atoms with Crippen molar-refractivity contribution in [2.24, 2.45) is 0 Å². The van der Waals surface area contributed by atoms with Crippen LogP contribution in [0.3, 0.4) is 0 Å². The minimum atomic E-state index is -0.114. The van der Waals surface area contributed by atoms with Crippen LogP contribution in [0.2, 0.25) is 0 Å². The number of ketones is 1. The molecule has 0 fully saturated rings. The number of aromatic amines is 1. The number of H-pyrrole nitrogens is 1. The van der Waals surface area contributed by atoms with Crippen molar-refractivity contribution in [2.75, 3.05) is 5.73 Å². The third-order valence-corrected chi connectivity index (χ3v) is 1.95. The predicted molar refractivity (Wildman–Crippen MR) is 52.9 cm³/mol. The molecule has 2 aromatic rings. The molecular formula is C10H9N3O. The molecule has 0 saturated carbocycles. The van der Waals surface area contributed by atoms with Crippen LogP contribution in [0.25, 0.3) is 0 Å². The van der Waals surface area contributed by atoms with Crippen LogP contribution in [0.4, 0.5) is 5.82 Å². The number of carbonyl (C=O) groups excluding carboxylic acids is 1. The molecule has 0 aliphatic carbocycles. The van der Waals surface area contributed by atoms with E-state index < -0.39 is 0 Å². The molecule has 0 saturated heterocycles. The summed E-state index contributed by atoms with van der Waals surface area (Å²) in [6.45, 7) is 0. The Kier molecular flexibility index (Phi) is 2.02. The van der Waals surface area contributed by atoms with Gasteiger partial charge in [-0.15, -0.1) is 0 Å². The summed E-state index contributed by atoms with van der Waals surface area (Å²) in [6.07, 6.45) is 1.50. The molecule has 14 heavy (non-hydrogen) atoms. The first-order valence-corrected chi connectivity index (χ1v) is 4.18. The lowest BCUT2D eigenvalue weighted by molar-refractivity contribution is 0.103. The Morgan fingerprint density at radius 2 is 2.00 bits per heavy atom. The van der Waals surface area contributed by atoms with E-state index in [2.05, 4.69) is 10.2 Å².